The number of aromatic nitrogens is 4. The van der Waals surface area contributed by atoms with Gasteiger partial charge in [0.25, 0.3) is 0 Å². The van der Waals surface area contributed by atoms with Crippen LogP contribution in [0.5, 0.6) is 0 Å². The standard InChI is InChI=1S/C74H82N4O2/c1-69(2,3)49-36-46(37-50(42-49)70(4,5)6)65-59-30-28-57(75-59)56(27-23-21-25-45-24-20-22-26-55(45)68(79)80-19)58-29-31-60(76-58)66(47-38-51(71(7,8)9)43-52(39-47)72(10,11)12)62-33-35-64(78-62)67(63-34-32-61(65)77-63)48-40-53(73(13,14)15)44-54(41-48)74(16,17)18/h20,22-24,26-44,75,78H,1-19H3/b27-23+,57-56?,58-56?,65-59?,65-61?,66-60?,66-62?,67-63?,67-64?. The third kappa shape index (κ3) is 11.9. The number of benzene rings is 4. The highest BCUT2D eigenvalue weighted by molar-refractivity contribution is 5.99. The summed E-state index contributed by atoms with van der Waals surface area (Å²) in [7, 11) is 1.39. The third-order valence-electron chi connectivity index (χ3n) is 15.5. The van der Waals surface area contributed by atoms with Gasteiger partial charge in [-0.1, -0.05) is 203 Å². The van der Waals surface area contributed by atoms with E-state index in [0.717, 1.165) is 83.8 Å². The molecule has 9 rings (SSSR count). The molecule has 3 aromatic heterocycles. The summed E-state index contributed by atoms with van der Waals surface area (Å²) in [5.74, 6) is 6.05. The molecular formula is C74H82N4O2. The second kappa shape index (κ2) is 20.7. The lowest BCUT2D eigenvalue weighted by Crippen LogP contribution is -2.16. The molecule has 2 aliphatic rings. The van der Waals surface area contributed by atoms with Crippen LogP contribution in [-0.2, 0) is 37.2 Å². The maximum absolute atomic E-state index is 12.8. The average Bonchev–Trinajstić information content (AvgIpc) is 4.30. The summed E-state index contributed by atoms with van der Waals surface area (Å²) in [5.41, 5.74) is 22.0. The zero-order chi connectivity index (χ0) is 58.1. The summed E-state index contributed by atoms with van der Waals surface area (Å²) in [4.78, 5) is 32.2. The first-order valence-electron chi connectivity index (χ1n) is 28.3. The minimum absolute atomic E-state index is 0.117. The van der Waals surface area contributed by atoms with Gasteiger partial charge in [-0.05, 0) is 155 Å². The molecule has 4 aromatic carbocycles. The Morgan fingerprint density at radius 1 is 0.438 bits per heavy atom. The summed E-state index contributed by atoms with van der Waals surface area (Å²) in [6.45, 7) is 41.3. The summed E-state index contributed by atoms with van der Waals surface area (Å²) >= 11 is 0. The van der Waals surface area contributed by atoms with Crippen molar-refractivity contribution < 1.29 is 9.53 Å². The number of carbonyl (C=O) groups is 1. The maximum atomic E-state index is 12.8. The predicted molar refractivity (Wildman–Crippen MR) is 341 cm³/mol. The van der Waals surface area contributed by atoms with E-state index in [-0.39, 0.29) is 32.5 Å². The fourth-order valence-corrected chi connectivity index (χ4v) is 10.4. The van der Waals surface area contributed by atoms with Crippen molar-refractivity contribution in [2.24, 2.45) is 0 Å². The van der Waals surface area contributed by atoms with E-state index in [2.05, 4.69) is 250 Å². The van der Waals surface area contributed by atoms with Gasteiger partial charge in [0, 0.05) is 49.9 Å². The number of methoxy groups -OCH3 is 1. The van der Waals surface area contributed by atoms with E-state index in [1.54, 1.807) is 6.07 Å². The van der Waals surface area contributed by atoms with Gasteiger partial charge in [-0.15, -0.1) is 0 Å². The lowest BCUT2D eigenvalue weighted by atomic mass is 9.78. The quantitative estimate of drug-likeness (QED) is 0.133. The van der Waals surface area contributed by atoms with E-state index in [4.69, 9.17) is 14.7 Å². The summed E-state index contributed by atoms with van der Waals surface area (Å²) in [6.07, 6.45) is 12.6. The zero-order valence-electron chi connectivity index (χ0n) is 51.0. The number of nitrogens with one attached hydrogen (secondary N) is 2. The fourth-order valence-electron chi connectivity index (χ4n) is 10.4. The molecule has 7 aromatic rings. The Morgan fingerprint density at radius 3 is 1.12 bits per heavy atom. The lowest BCUT2D eigenvalue weighted by Gasteiger charge is -2.26. The Labute approximate surface area is 477 Å². The van der Waals surface area contributed by atoms with Crippen LogP contribution in [0.25, 0.3) is 85.8 Å². The van der Waals surface area contributed by atoms with E-state index in [1.807, 2.05) is 30.4 Å². The molecule has 0 radical (unpaired) electrons. The predicted octanol–water partition coefficient (Wildman–Crippen LogP) is 19.3. The summed E-state index contributed by atoms with van der Waals surface area (Å²) in [5, 5.41) is 0. The van der Waals surface area contributed by atoms with Gasteiger partial charge in [-0.2, -0.15) is 0 Å². The van der Waals surface area contributed by atoms with E-state index in [0.29, 0.717) is 11.1 Å². The number of hydrogen-bond acceptors (Lipinski definition) is 4. The SMILES string of the molecule is COC(=O)c1ccccc1C#C/C=C/c1c2nc(c(-c3cc(C(C)(C)C)cc(C(C)(C)C)c3)c3ccc([nH]3)c(-c3cc(C(C)(C)C)cc(C(C)(C)C)c3)c3nc(c(-c4cc(C(C)(C)C)cc(C(C)(C)C)c4)c4ccc1[nH]4)C=C3)C=C2. The van der Waals surface area contributed by atoms with Gasteiger partial charge in [-0.25, -0.2) is 14.8 Å². The Hall–Kier alpha value is -7.75. The van der Waals surface area contributed by atoms with E-state index in [1.165, 1.54) is 40.5 Å². The molecule has 2 aliphatic heterocycles. The number of ether oxygens (including phenoxy) is 1. The van der Waals surface area contributed by atoms with Gasteiger partial charge < -0.3 is 14.7 Å². The number of nitrogens with zero attached hydrogens (tertiary/aromatic N) is 2. The normalized spacial score (nSPS) is 13.2. The van der Waals surface area contributed by atoms with Gasteiger partial charge in [-0.3, -0.25) is 0 Å². The van der Waals surface area contributed by atoms with Crippen LogP contribution in [0.3, 0.4) is 0 Å². The number of hydrogen-bond donors (Lipinski definition) is 2. The van der Waals surface area contributed by atoms with Crippen LogP contribution in [0.4, 0.5) is 0 Å². The van der Waals surface area contributed by atoms with Crippen molar-refractivity contribution in [2.75, 3.05) is 7.11 Å². The summed E-state index contributed by atoms with van der Waals surface area (Å²) < 4.78 is 5.10. The van der Waals surface area contributed by atoms with Crippen molar-refractivity contribution in [1.29, 1.82) is 0 Å². The molecular weight excluding hydrogens is 977 g/mol. The molecule has 410 valence electrons. The number of aromatic amines is 2. The largest absolute Gasteiger partial charge is 0.465 e. The first-order chi connectivity index (χ1) is 37.3. The monoisotopic (exact) mass is 1060 g/mol. The molecule has 0 fully saturated rings. The minimum atomic E-state index is -0.429. The molecule has 8 bridgehead atoms. The number of rotatable bonds is 5. The van der Waals surface area contributed by atoms with Crippen LogP contribution in [-0.4, -0.2) is 33.0 Å². The fraction of sp³-hybridized carbons (Fsp3) is 0.338. The third-order valence-corrected chi connectivity index (χ3v) is 15.5. The number of allylic oxidation sites excluding steroid dienone is 1. The lowest BCUT2D eigenvalue weighted by molar-refractivity contribution is 0.0600. The van der Waals surface area contributed by atoms with Crippen LogP contribution in [0.15, 0.2) is 109 Å². The molecule has 6 heteroatoms. The van der Waals surface area contributed by atoms with Gasteiger partial charge in [0.1, 0.15) is 0 Å². The second-order valence-corrected chi connectivity index (χ2v) is 28.1. The van der Waals surface area contributed by atoms with Crippen LogP contribution in [0, 0.1) is 11.8 Å². The number of carbonyl (C=O) groups excluding carboxylic acids is 1. The molecule has 2 N–H and O–H groups in total. The number of fused-ring (bicyclic) bond motifs is 8. The number of esters is 1. The smallest absolute Gasteiger partial charge is 0.339 e. The molecule has 0 atom stereocenters. The Bertz CT molecular complexity index is 3770. The van der Waals surface area contributed by atoms with Crippen LogP contribution in [0.1, 0.15) is 202 Å². The Kier molecular flexibility index (Phi) is 14.8. The van der Waals surface area contributed by atoms with Crippen molar-refractivity contribution in [2.45, 2.75) is 157 Å². The zero-order valence-corrected chi connectivity index (χ0v) is 51.0. The van der Waals surface area contributed by atoms with Crippen molar-refractivity contribution in [3.63, 3.8) is 0 Å². The number of H-pyrrole nitrogens is 2. The molecule has 0 saturated carbocycles. The van der Waals surface area contributed by atoms with Crippen molar-refractivity contribution in [3.05, 3.63) is 182 Å². The van der Waals surface area contributed by atoms with Crippen LogP contribution >= 0.6 is 0 Å². The molecule has 0 saturated heterocycles. The molecule has 0 amide bonds. The molecule has 80 heavy (non-hydrogen) atoms. The molecule has 5 heterocycles. The highest BCUT2D eigenvalue weighted by atomic mass is 16.5. The van der Waals surface area contributed by atoms with Gasteiger partial charge in [0.05, 0.1) is 35.4 Å². The van der Waals surface area contributed by atoms with Crippen LogP contribution in [0.2, 0.25) is 0 Å². The van der Waals surface area contributed by atoms with E-state index < -0.39 is 5.97 Å². The minimum Gasteiger partial charge on any atom is -0.465 e. The molecule has 6 nitrogen and oxygen atoms in total. The topological polar surface area (TPSA) is 83.7 Å². The van der Waals surface area contributed by atoms with Gasteiger partial charge in [0.2, 0.25) is 0 Å². The van der Waals surface area contributed by atoms with Crippen LogP contribution < -0.4 is 0 Å². The van der Waals surface area contributed by atoms with Gasteiger partial charge >= 0.3 is 5.97 Å². The first kappa shape index (κ1) is 57.0. The van der Waals surface area contributed by atoms with Crippen molar-refractivity contribution in [1.82, 2.24) is 19.9 Å². The average molecular weight is 1060 g/mol. The second-order valence-electron chi connectivity index (χ2n) is 28.1. The molecule has 0 aliphatic carbocycles. The van der Waals surface area contributed by atoms with Crippen molar-refractivity contribution >= 4 is 58.4 Å². The highest BCUT2D eigenvalue weighted by Crippen LogP contribution is 2.43. The van der Waals surface area contributed by atoms with Crippen molar-refractivity contribution in [3.8, 4) is 45.2 Å². The van der Waals surface area contributed by atoms with Gasteiger partial charge in [0.15, 0.2) is 0 Å². The summed E-state index contributed by atoms with van der Waals surface area (Å²) in [6, 6.07) is 37.4. The molecule has 0 spiro atoms. The van der Waals surface area contributed by atoms with E-state index in [9.17, 15) is 4.79 Å². The Morgan fingerprint density at radius 2 is 0.762 bits per heavy atom. The first-order valence-corrected chi connectivity index (χ1v) is 28.3. The highest BCUT2D eigenvalue weighted by Gasteiger charge is 2.28. The molecule has 0 unspecified atom stereocenters. The Balaban J connectivity index is 1.48. The van der Waals surface area contributed by atoms with E-state index >= 15 is 0 Å². The maximum Gasteiger partial charge on any atom is 0.339 e.